The highest BCUT2D eigenvalue weighted by atomic mass is 32.2. The number of amides is 1. The van der Waals surface area contributed by atoms with Crippen LogP contribution in [0.15, 0.2) is 24.3 Å². The molecule has 1 atom stereocenters. The first-order chi connectivity index (χ1) is 10.7. The van der Waals surface area contributed by atoms with Gasteiger partial charge in [-0.25, -0.2) is 0 Å². The average molecular weight is 319 g/mol. The topological polar surface area (TPSA) is 29.5 Å². The molecule has 0 aliphatic carbocycles. The number of carbonyl (C=O) groups excluding carboxylic acids is 1. The second kappa shape index (κ2) is 7.05. The second-order valence-electron chi connectivity index (χ2n) is 6.38. The first kappa shape index (κ1) is 15.9. The van der Waals surface area contributed by atoms with Crippen molar-refractivity contribution in [3.8, 4) is 0 Å². The minimum atomic E-state index is -0.0322. The van der Waals surface area contributed by atoms with E-state index in [0.29, 0.717) is 11.9 Å². The summed E-state index contributed by atoms with van der Waals surface area (Å²) >= 11 is 1.80. The van der Waals surface area contributed by atoms with Gasteiger partial charge >= 0.3 is 0 Å². The maximum absolute atomic E-state index is 13.3. The van der Waals surface area contributed by atoms with Crippen LogP contribution >= 0.6 is 11.8 Å². The van der Waals surface area contributed by atoms with Crippen LogP contribution in [-0.4, -0.2) is 41.9 Å². The van der Waals surface area contributed by atoms with Crippen LogP contribution in [0.2, 0.25) is 0 Å². The summed E-state index contributed by atoms with van der Waals surface area (Å²) in [6.07, 6.45) is 3.00. The fourth-order valence-corrected chi connectivity index (χ4v) is 4.80. The van der Waals surface area contributed by atoms with Crippen molar-refractivity contribution in [3.63, 3.8) is 0 Å². The predicted octanol–water partition coefficient (Wildman–Crippen LogP) is 3.43. The molecular formula is C18H25NO2S. The van der Waals surface area contributed by atoms with E-state index >= 15 is 0 Å². The molecule has 3 rings (SSSR count). The summed E-state index contributed by atoms with van der Waals surface area (Å²) in [5.41, 5.74) is 2.57. The van der Waals surface area contributed by atoms with E-state index in [1.54, 1.807) is 11.8 Å². The van der Waals surface area contributed by atoms with Crippen LogP contribution < -0.4 is 0 Å². The quantitative estimate of drug-likeness (QED) is 0.855. The van der Waals surface area contributed by atoms with Crippen molar-refractivity contribution < 1.29 is 9.53 Å². The Hall–Kier alpha value is -1.00. The van der Waals surface area contributed by atoms with Crippen LogP contribution in [0.5, 0.6) is 0 Å². The summed E-state index contributed by atoms with van der Waals surface area (Å²) in [7, 11) is 0. The first-order valence-electron chi connectivity index (χ1n) is 8.28. The molecule has 0 spiro atoms. The summed E-state index contributed by atoms with van der Waals surface area (Å²) in [6.45, 7) is 5.81. The van der Waals surface area contributed by atoms with Gasteiger partial charge in [-0.3, -0.25) is 4.79 Å². The molecule has 0 saturated carbocycles. The highest BCUT2D eigenvalue weighted by molar-refractivity contribution is 8.00. The van der Waals surface area contributed by atoms with Gasteiger partial charge in [0.1, 0.15) is 5.25 Å². The lowest BCUT2D eigenvalue weighted by molar-refractivity contribution is -0.137. The third-order valence-electron chi connectivity index (χ3n) is 4.61. The van der Waals surface area contributed by atoms with Crippen molar-refractivity contribution in [1.82, 2.24) is 4.90 Å². The van der Waals surface area contributed by atoms with Gasteiger partial charge in [-0.05, 0) is 50.0 Å². The maximum atomic E-state index is 13.3. The van der Waals surface area contributed by atoms with E-state index in [9.17, 15) is 4.79 Å². The normalized spacial score (nSPS) is 22.4. The maximum Gasteiger partial charge on any atom is 0.240 e. The van der Waals surface area contributed by atoms with E-state index in [0.717, 1.165) is 38.2 Å². The fourth-order valence-electron chi connectivity index (χ4n) is 3.55. The molecule has 4 heteroatoms. The number of rotatable bonds is 3. The Balaban J connectivity index is 1.85. The van der Waals surface area contributed by atoms with Gasteiger partial charge in [-0.2, -0.15) is 0 Å². The van der Waals surface area contributed by atoms with Crippen LogP contribution in [0, 0.1) is 0 Å². The number of carbonyl (C=O) groups is 1. The molecule has 0 unspecified atom stereocenters. The lowest BCUT2D eigenvalue weighted by atomic mass is 9.98. The van der Waals surface area contributed by atoms with E-state index in [1.807, 2.05) is 0 Å². The number of aryl methyl sites for hydroxylation is 1. The van der Waals surface area contributed by atoms with Crippen LogP contribution in [0.3, 0.4) is 0 Å². The highest BCUT2D eigenvalue weighted by Crippen LogP contribution is 2.39. The molecule has 1 aromatic rings. The molecule has 1 saturated heterocycles. The number of thioether (sulfide) groups is 1. The first-order valence-corrected chi connectivity index (χ1v) is 9.32. The highest BCUT2D eigenvalue weighted by Gasteiger charge is 2.35. The van der Waals surface area contributed by atoms with Gasteiger partial charge in [-0.1, -0.05) is 24.3 Å². The Labute approximate surface area is 137 Å². The molecule has 0 N–H and O–H groups in total. The van der Waals surface area contributed by atoms with Gasteiger partial charge in [-0.15, -0.1) is 11.8 Å². The largest absolute Gasteiger partial charge is 0.381 e. The van der Waals surface area contributed by atoms with E-state index < -0.39 is 0 Å². The third-order valence-corrected chi connectivity index (χ3v) is 5.84. The lowest BCUT2D eigenvalue weighted by Crippen LogP contribution is -2.49. The second-order valence-corrected chi connectivity index (χ2v) is 7.60. The van der Waals surface area contributed by atoms with Crippen LogP contribution in [0.1, 0.15) is 43.1 Å². The molecular weight excluding hydrogens is 294 g/mol. The standard InChI is InChI=1S/C18H25NO2S/c1-13(2)19(15-7-10-21-11-8-15)18(20)17-16-6-4-3-5-14(16)9-12-22-17/h3-6,13,15,17H,7-12H2,1-2H3/t17-/m0/s1. The Bertz CT molecular complexity index is 526. The number of fused-ring (bicyclic) bond motifs is 1. The van der Waals surface area contributed by atoms with Crippen molar-refractivity contribution in [2.24, 2.45) is 0 Å². The Morgan fingerprint density at radius 2 is 2.00 bits per heavy atom. The summed E-state index contributed by atoms with van der Waals surface area (Å²) in [4.78, 5) is 15.4. The summed E-state index contributed by atoms with van der Waals surface area (Å²) in [5.74, 6) is 1.33. The number of hydrogen-bond donors (Lipinski definition) is 0. The van der Waals surface area contributed by atoms with Gasteiger partial charge in [0.05, 0.1) is 0 Å². The Morgan fingerprint density at radius 3 is 2.73 bits per heavy atom. The van der Waals surface area contributed by atoms with Crippen LogP contribution in [-0.2, 0) is 16.0 Å². The molecule has 1 amide bonds. The van der Waals surface area contributed by atoms with Crippen molar-refractivity contribution in [1.29, 1.82) is 0 Å². The van der Waals surface area contributed by atoms with E-state index in [1.165, 1.54) is 11.1 Å². The minimum absolute atomic E-state index is 0.0322. The molecule has 0 aromatic heterocycles. The van der Waals surface area contributed by atoms with Crippen molar-refractivity contribution in [3.05, 3.63) is 35.4 Å². The zero-order valence-electron chi connectivity index (χ0n) is 13.5. The SMILES string of the molecule is CC(C)N(C(=O)[C@H]1SCCc2ccccc21)C1CCOCC1. The minimum Gasteiger partial charge on any atom is -0.381 e. The van der Waals surface area contributed by atoms with E-state index in [4.69, 9.17) is 4.74 Å². The summed E-state index contributed by atoms with van der Waals surface area (Å²) in [5, 5.41) is -0.0322. The van der Waals surface area contributed by atoms with Crippen LogP contribution in [0.4, 0.5) is 0 Å². The van der Waals surface area contributed by atoms with Gasteiger partial charge in [0, 0.05) is 25.3 Å². The number of benzene rings is 1. The van der Waals surface area contributed by atoms with Crippen molar-refractivity contribution in [2.75, 3.05) is 19.0 Å². The third kappa shape index (κ3) is 3.18. The molecule has 3 nitrogen and oxygen atoms in total. The molecule has 2 heterocycles. The number of ether oxygens (including phenoxy) is 1. The van der Waals surface area contributed by atoms with Crippen molar-refractivity contribution in [2.45, 2.75) is 50.4 Å². The molecule has 2 aliphatic heterocycles. The summed E-state index contributed by atoms with van der Waals surface area (Å²) < 4.78 is 5.47. The molecule has 2 aliphatic rings. The zero-order valence-corrected chi connectivity index (χ0v) is 14.3. The van der Waals surface area contributed by atoms with Gasteiger partial charge in [0.25, 0.3) is 0 Å². The summed E-state index contributed by atoms with van der Waals surface area (Å²) in [6, 6.07) is 9.01. The van der Waals surface area contributed by atoms with Gasteiger partial charge < -0.3 is 9.64 Å². The molecule has 1 fully saturated rings. The molecule has 0 radical (unpaired) electrons. The predicted molar refractivity (Wildman–Crippen MR) is 91.2 cm³/mol. The Morgan fingerprint density at radius 1 is 1.27 bits per heavy atom. The fraction of sp³-hybridized carbons (Fsp3) is 0.611. The molecule has 120 valence electrons. The van der Waals surface area contributed by atoms with Crippen LogP contribution in [0.25, 0.3) is 0 Å². The average Bonchev–Trinajstić information content (AvgIpc) is 2.55. The molecule has 22 heavy (non-hydrogen) atoms. The Kier molecular flexibility index (Phi) is 5.09. The monoisotopic (exact) mass is 319 g/mol. The van der Waals surface area contributed by atoms with E-state index in [2.05, 4.69) is 43.0 Å². The lowest BCUT2D eigenvalue weighted by Gasteiger charge is -2.40. The van der Waals surface area contributed by atoms with Crippen molar-refractivity contribution >= 4 is 17.7 Å². The smallest absolute Gasteiger partial charge is 0.240 e. The number of nitrogens with zero attached hydrogens (tertiary/aromatic N) is 1. The van der Waals surface area contributed by atoms with Gasteiger partial charge in [0.15, 0.2) is 0 Å². The molecule has 1 aromatic carbocycles. The van der Waals surface area contributed by atoms with E-state index in [-0.39, 0.29) is 11.3 Å². The number of hydrogen-bond acceptors (Lipinski definition) is 3. The van der Waals surface area contributed by atoms with Gasteiger partial charge in [0.2, 0.25) is 5.91 Å². The molecule has 0 bridgehead atoms. The zero-order chi connectivity index (χ0) is 15.5.